The first-order chi connectivity index (χ1) is 18.2. The number of benzene rings is 1. The molecule has 0 saturated heterocycles. The summed E-state index contributed by atoms with van der Waals surface area (Å²) in [4.78, 5) is 56.9. The Balaban J connectivity index is 1.57. The summed E-state index contributed by atoms with van der Waals surface area (Å²) in [5, 5.41) is 22.2. The Morgan fingerprint density at radius 3 is 2.79 bits per heavy atom. The van der Waals surface area contributed by atoms with Crippen molar-refractivity contribution in [1.82, 2.24) is 31.0 Å². The average Bonchev–Trinajstić information content (AvgIpc) is 3.33. The Kier molecular flexibility index (Phi) is 8.16. The predicted octanol–water partition coefficient (Wildman–Crippen LogP) is -0.222. The molecule has 1 aliphatic heterocycles. The number of carbonyl (C=O) groups excluding carboxylic acids is 4. The van der Waals surface area contributed by atoms with Gasteiger partial charge in [-0.15, -0.1) is 0 Å². The molecule has 2 aromatic heterocycles. The zero-order valence-electron chi connectivity index (χ0n) is 20.9. The van der Waals surface area contributed by atoms with E-state index in [-0.39, 0.29) is 49.8 Å². The summed E-state index contributed by atoms with van der Waals surface area (Å²) in [5.41, 5.74) is 1.25. The molecule has 2 bridgehead atoms. The Labute approximate surface area is 217 Å². The van der Waals surface area contributed by atoms with E-state index in [0.717, 1.165) is 5.56 Å². The molecular weight excluding hydrogens is 496 g/mol. The lowest BCUT2D eigenvalue weighted by molar-refractivity contribution is -0.125. The standard InChI is InChI=1S/C25H28N6O7/c1-14-5-6-16-12-18(14)37-11-9-26-19(33)13-31(10-8-28-24(35)20(15(2)32)29-23(16)34)25(36)21-17-4-3-7-27-22(17)30-38-21/h3-7,12,15,20,32H,8-11,13H2,1-2H3,(H,26,33)(H,28,35)(H,29,34)/t15-,20+/m1/s1. The Bertz CT molecular complexity index is 1350. The molecule has 200 valence electrons. The third kappa shape index (κ3) is 6.06. The lowest BCUT2D eigenvalue weighted by Crippen LogP contribution is -2.53. The highest BCUT2D eigenvalue weighted by Gasteiger charge is 2.28. The van der Waals surface area contributed by atoms with Crippen molar-refractivity contribution in [3.05, 3.63) is 53.4 Å². The van der Waals surface area contributed by atoms with Crippen LogP contribution >= 0.6 is 0 Å². The highest BCUT2D eigenvalue weighted by atomic mass is 16.5. The Morgan fingerprint density at radius 1 is 1.18 bits per heavy atom. The number of nitrogens with zero attached hydrogens (tertiary/aromatic N) is 3. The van der Waals surface area contributed by atoms with E-state index in [9.17, 15) is 24.3 Å². The maximum Gasteiger partial charge on any atom is 0.293 e. The van der Waals surface area contributed by atoms with Crippen LogP contribution in [-0.4, -0.2) is 88.7 Å². The summed E-state index contributed by atoms with van der Waals surface area (Å²) in [5.74, 6) is -1.97. The smallest absolute Gasteiger partial charge is 0.293 e. The number of ether oxygens (including phenoxy) is 1. The quantitative estimate of drug-likeness (QED) is 0.353. The number of hydrogen-bond acceptors (Lipinski definition) is 9. The summed E-state index contributed by atoms with van der Waals surface area (Å²) < 4.78 is 11.0. The van der Waals surface area contributed by atoms with E-state index in [1.165, 1.54) is 24.1 Å². The number of rotatable bonds is 2. The van der Waals surface area contributed by atoms with Gasteiger partial charge in [0.15, 0.2) is 0 Å². The molecule has 4 N–H and O–H groups in total. The zero-order chi connectivity index (χ0) is 27.2. The molecule has 2 atom stereocenters. The Morgan fingerprint density at radius 2 is 2.00 bits per heavy atom. The maximum atomic E-state index is 13.3. The first-order valence-corrected chi connectivity index (χ1v) is 12.0. The maximum absolute atomic E-state index is 13.3. The topological polar surface area (TPSA) is 176 Å². The first kappa shape index (κ1) is 26.5. The molecule has 3 aromatic rings. The molecular formula is C25H28N6O7. The summed E-state index contributed by atoms with van der Waals surface area (Å²) in [6.45, 7) is 2.96. The van der Waals surface area contributed by atoms with Crippen molar-refractivity contribution >= 4 is 34.7 Å². The number of amides is 4. The number of aromatic nitrogens is 2. The monoisotopic (exact) mass is 524 g/mol. The van der Waals surface area contributed by atoms with E-state index in [1.54, 1.807) is 31.2 Å². The number of aryl methyl sites for hydroxylation is 1. The summed E-state index contributed by atoms with van der Waals surface area (Å²) >= 11 is 0. The van der Waals surface area contributed by atoms with Crippen molar-refractivity contribution in [2.75, 3.05) is 32.8 Å². The van der Waals surface area contributed by atoms with Crippen molar-refractivity contribution in [3.8, 4) is 5.75 Å². The van der Waals surface area contributed by atoms with E-state index >= 15 is 0 Å². The van der Waals surface area contributed by atoms with Crippen LogP contribution in [0, 0.1) is 6.92 Å². The largest absolute Gasteiger partial charge is 0.491 e. The molecule has 0 unspecified atom stereocenters. The van der Waals surface area contributed by atoms with E-state index < -0.39 is 35.8 Å². The second-order valence-corrected chi connectivity index (χ2v) is 8.77. The van der Waals surface area contributed by atoms with Crippen LogP contribution in [0.2, 0.25) is 0 Å². The fourth-order valence-corrected chi connectivity index (χ4v) is 3.87. The third-order valence-electron chi connectivity index (χ3n) is 5.94. The lowest BCUT2D eigenvalue weighted by atomic mass is 10.1. The third-order valence-corrected chi connectivity index (χ3v) is 5.94. The van der Waals surface area contributed by atoms with Crippen LogP contribution < -0.4 is 20.7 Å². The van der Waals surface area contributed by atoms with E-state index in [2.05, 4.69) is 26.1 Å². The number of aliphatic hydroxyl groups is 1. The predicted molar refractivity (Wildman–Crippen MR) is 133 cm³/mol. The van der Waals surface area contributed by atoms with Crippen LogP contribution in [0.5, 0.6) is 5.75 Å². The molecule has 1 aliphatic rings. The molecule has 13 nitrogen and oxygen atoms in total. The molecule has 3 heterocycles. The summed E-state index contributed by atoms with van der Waals surface area (Å²) in [6, 6.07) is 6.79. The van der Waals surface area contributed by atoms with Gasteiger partial charge in [-0.2, -0.15) is 0 Å². The van der Waals surface area contributed by atoms with Crippen molar-refractivity contribution in [2.45, 2.75) is 26.0 Å². The van der Waals surface area contributed by atoms with Gasteiger partial charge >= 0.3 is 0 Å². The van der Waals surface area contributed by atoms with Gasteiger partial charge < -0.3 is 35.2 Å². The van der Waals surface area contributed by atoms with E-state index in [1.807, 2.05) is 0 Å². The van der Waals surface area contributed by atoms with Crippen molar-refractivity contribution in [3.63, 3.8) is 0 Å². The number of carbonyl (C=O) groups is 4. The second kappa shape index (κ2) is 11.7. The summed E-state index contributed by atoms with van der Waals surface area (Å²) in [7, 11) is 0. The minimum Gasteiger partial charge on any atom is -0.491 e. The zero-order valence-corrected chi connectivity index (χ0v) is 20.9. The number of pyridine rings is 1. The van der Waals surface area contributed by atoms with Crippen LogP contribution in [0.1, 0.15) is 33.4 Å². The van der Waals surface area contributed by atoms with Gasteiger partial charge in [-0.05, 0) is 43.7 Å². The second-order valence-electron chi connectivity index (χ2n) is 8.77. The highest BCUT2D eigenvalue weighted by Crippen LogP contribution is 2.20. The molecule has 13 heteroatoms. The van der Waals surface area contributed by atoms with Crippen molar-refractivity contribution < 1.29 is 33.5 Å². The molecule has 38 heavy (non-hydrogen) atoms. The van der Waals surface area contributed by atoms with Crippen LogP contribution in [0.4, 0.5) is 0 Å². The van der Waals surface area contributed by atoms with Crippen LogP contribution in [-0.2, 0) is 9.59 Å². The fraction of sp³-hybridized carbons (Fsp3) is 0.360. The van der Waals surface area contributed by atoms with Crippen LogP contribution in [0.25, 0.3) is 11.0 Å². The molecule has 0 spiro atoms. The van der Waals surface area contributed by atoms with Crippen LogP contribution in [0.3, 0.4) is 0 Å². The van der Waals surface area contributed by atoms with Gasteiger partial charge in [-0.1, -0.05) is 11.2 Å². The van der Waals surface area contributed by atoms with Gasteiger partial charge in [0.1, 0.15) is 24.9 Å². The molecule has 0 radical (unpaired) electrons. The van der Waals surface area contributed by atoms with Gasteiger partial charge in [0.25, 0.3) is 11.8 Å². The van der Waals surface area contributed by atoms with Gasteiger partial charge in [-0.25, -0.2) is 4.98 Å². The van der Waals surface area contributed by atoms with Crippen molar-refractivity contribution in [1.29, 1.82) is 0 Å². The minimum absolute atomic E-state index is 0.0704. The highest BCUT2D eigenvalue weighted by molar-refractivity contribution is 6.04. The SMILES string of the molecule is Cc1ccc2cc1OCCNC(=O)CN(C(=O)c1onc3ncccc13)CCNC(=O)[C@H]([C@@H](C)O)NC2=O. The Hall–Kier alpha value is -4.52. The van der Waals surface area contributed by atoms with Crippen LogP contribution in [0.15, 0.2) is 41.1 Å². The summed E-state index contributed by atoms with van der Waals surface area (Å²) in [6.07, 6.45) is 0.298. The molecule has 0 fully saturated rings. The first-order valence-electron chi connectivity index (χ1n) is 12.0. The molecule has 4 amide bonds. The van der Waals surface area contributed by atoms with Crippen molar-refractivity contribution in [2.24, 2.45) is 0 Å². The number of nitrogens with one attached hydrogen (secondary N) is 3. The molecule has 4 rings (SSSR count). The van der Waals surface area contributed by atoms with E-state index in [4.69, 9.17) is 9.26 Å². The van der Waals surface area contributed by atoms with Gasteiger partial charge in [0.2, 0.25) is 23.2 Å². The van der Waals surface area contributed by atoms with Gasteiger partial charge in [-0.3, -0.25) is 19.2 Å². The minimum atomic E-state index is -1.26. The number of fused-ring (bicyclic) bond motifs is 3. The van der Waals surface area contributed by atoms with E-state index in [0.29, 0.717) is 11.1 Å². The average molecular weight is 525 g/mol. The number of aliphatic hydroxyl groups excluding tert-OH is 1. The fourth-order valence-electron chi connectivity index (χ4n) is 3.87. The van der Waals surface area contributed by atoms with Gasteiger partial charge in [0.05, 0.1) is 18.0 Å². The number of hydrogen-bond donors (Lipinski definition) is 4. The molecule has 0 aliphatic carbocycles. The van der Waals surface area contributed by atoms with Gasteiger partial charge in [0, 0.05) is 24.8 Å². The normalized spacial score (nSPS) is 18.6. The lowest BCUT2D eigenvalue weighted by Gasteiger charge is -2.23. The molecule has 0 saturated carbocycles. The molecule has 1 aromatic carbocycles.